The minimum atomic E-state index is -3.33. The number of nitrogens with zero attached hydrogens (tertiary/aromatic N) is 6. The van der Waals surface area contributed by atoms with Gasteiger partial charge >= 0.3 is 29.6 Å². The quantitative estimate of drug-likeness (QED) is 0.0555. The zero-order valence-electron chi connectivity index (χ0n) is 32.8. The van der Waals surface area contributed by atoms with Gasteiger partial charge in [0.15, 0.2) is 0 Å². The second kappa shape index (κ2) is 24.7. The van der Waals surface area contributed by atoms with Gasteiger partial charge in [0.25, 0.3) is 0 Å². The van der Waals surface area contributed by atoms with Gasteiger partial charge in [-0.2, -0.15) is 9.69 Å². The maximum absolute atomic E-state index is 12.1. The molecule has 0 radical (unpaired) electrons. The van der Waals surface area contributed by atoms with Crippen molar-refractivity contribution in [2.24, 2.45) is 7.05 Å². The Kier molecular flexibility index (Phi) is 20.4. The molecule has 2 aromatic rings. The zero-order chi connectivity index (χ0) is 39.9. The van der Waals surface area contributed by atoms with Crippen molar-refractivity contribution in [1.29, 1.82) is 0 Å². The van der Waals surface area contributed by atoms with E-state index in [1.165, 1.54) is 32.7 Å². The minimum Gasteiger partial charge on any atom is -0.463 e. The van der Waals surface area contributed by atoms with E-state index in [1.54, 1.807) is 25.0 Å². The van der Waals surface area contributed by atoms with Gasteiger partial charge in [-0.15, -0.1) is 16.4 Å². The average Bonchev–Trinajstić information content (AvgIpc) is 3.82. The lowest BCUT2D eigenvalue weighted by Crippen LogP contribution is -2.59. The van der Waals surface area contributed by atoms with E-state index < -0.39 is 17.9 Å². The molecular weight excluding hydrogens is 761 g/mol. The summed E-state index contributed by atoms with van der Waals surface area (Å²) in [5, 5.41) is 7.81. The lowest BCUT2D eigenvalue weighted by molar-refractivity contribution is -0.145. The Morgan fingerprint density at radius 2 is 1.67 bits per heavy atom. The minimum absolute atomic E-state index is 0.00156. The summed E-state index contributed by atoms with van der Waals surface area (Å²) in [6.07, 6.45) is 20.5. The molecule has 15 nitrogen and oxygen atoms in total. The Balaban J connectivity index is 1.44. The van der Waals surface area contributed by atoms with Crippen LogP contribution in [0.25, 0.3) is 21.6 Å². The number of hydrogen-bond acceptors (Lipinski definition) is 13. The predicted octanol–water partition coefficient (Wildman–Crippen LogP) is 4.88. The first-order chi connectivity index (χ1) is 26.7. The molecule has 0 N–H and O–H groups in total. The number of unbranched alkanes of at least 4 members (excludes halogenated alkanes) is 4. The fraction of sp³-hybridized carbons (Fsp3) is 0.541. The van der Waals surface area contributed by atoms with Crippen molar-refractivity contribution >= 4 is 47.1 Å². The molecule has 2 aromatic heterocycles. The van der Waals surface area contributed by atoms with Gasteiger partial charge in [0.2, 0.25) is 0 Å². The summed E-state index contributed by atoms with van der Waals surface area (Å²) in [6, 6.07) is 2.59. The summed E-state index contributed by atoms with van der Waals surface area (Å²) < 4.78 is 48.9. The number of aryl methyl sites for hydroxylation is 2. The number of allylic oxidation sites excluding steroid dienone is 4. The molecule has 3 heterocycles. The van der Waals surface area contributed by atoms with Gasteiger partial charge in [-0.25, -0.2) is 0 Å². The standard InChI is InChI=1S/C37H54N6O9SSi2/c1-9-10-27-54(45-5,52-55(46-6,47-7)48-8)51-24-14-12-11-13-21-43-22-19-31(20-23-43)15-17-34-28-32(36(53-34)37(38-2)39-3)30-49-25-26-50-35(44)18-16-33-29-42(4)41-40-33/h15,17,19-20,22-23,28-29H,9-14,16,18,21,24-27,30H2,1,4-8H3/b34-17+. The maximum Gasteiger partial charge on any atom is 0.671 e. The van der Waals surface area contributed by atoms with Crippen molar-refractivity contribution in [3.05, 3.63) is 91.6 Å². The van der Waals surface area contributed by atoms with E-state index in [2.05, 4.69) is 56.4 Å². The first-order valence-corrected chi connectivity index (χ1v) is 22.6. The van der Waals surface area contributed by atoms with E-state index in [0.29, 0.717) is 23.6 Å². The number of esters is 1. The van der Waals surface area contributed by atoms with Crippen LogP contribution < -0.4 is 9.06 Å². The van der Waals surface area contributed by atoms with Gasteiger partial charge in [0, 0.05) is 84.2 Å². The number of aromatic nitrogens is 3. The maximum atomic E-state index is 12.1. The van der Waals surface area contributed by atoms with Crippen LogP contribution in [0.5, 0.6) is 0 Å². The van der Waals surface area contributed by atoms with Gasteiger partial charge < -0.3 is 40.6 Å². The smallest absolute Gasteiger partial charge is 0.463 e. The van der Waals surface area contributed by atoms with Crippen LogP contribution in [-0.4, -0.2) is 98.5 Å². The normalized spacial score (nSPS) is 14.1. The fourth-order valence-corrected chi connectivity index (χ4v) is 12.1. The van der Waals surface area contributed by atoms with Crippen molar-refractivity contribution in [2.75, 3.05) is 54.8 Å². The number of thiophene rings is 1. The van der Waals surface area contributed by atoms with Gasteiger partial charge in [-0.1, -0.05) is 37.5 Å². The molecule has 300 valence electrons. The van der Waals surface area contributed by atoms with Crippen molar-refractivity contribution in [3.8, 4) is 0 Å². The molecule has 0 aliphatic carbocycles. The van der Waals surface area contributed by atoms with Crippen LogP contribution >= 0.6 is 11.3 Å². The molecular formula is C37H54N6O9SSi2. The van der Waals surface area contributed by atoms with Crippen LogP contribution in [0.3, 0.4) is 0 Å². The Hall–Kier alpha value is -3.80. The van der Waals surface area contributed by atoms with E-state index >= 15 is 0 Å². The molecule has 1 atom stereocenters. The van der Waals surface area contributed by atoms with Crippen LogP contribution in [0, 0.1) is 13.1 Å². The molecule has 0 spiro atoms. The van der Waals surface area contributed by atoms with Crippen LogP contribution in [0.1, 0.15) is 63.1 Å². The first kappa shape index (κ1) is 45.6. The number of carbonyl (C=O) groups is 1. The lowest BCUT2D eigenvalue weighted by atomic mass is 10.1. The molecule has 0 aromatic carbocycles. The predicted molar refractivity (Wildman–Crippen MR) is 212 cm³/mol. The van der Waals surface area contributed by atoms with Crippen molar-refractivity contribution in [3.63, 3.8) is 0 Å². The molecule has 0 saturated heterocycles. The van der Waals surface area contributed by atoms with Gasteiger partial charge in [0.1, 0.15) is 24.3 Å². The second-order valence-corrected chi connectivity index (χ2v) is 19.1. The Bertz CT molecular complexity index is 1760. The van der Waals surface area contributed by atoms with Gasteiger partial charge in [-0.05, 0) is 54.7 Å². The van der Waals surface area contributed by atoms with E-state index in [9.17, 15) is 4.79 Å². The topological polar surface area (TPSA) is 134 Å². The molecule has 0 fully saturated rings. The lowest BCUT2D eigenvalue weighted by Gasteiger charge is -2.34. The van der Waals surface area contributed by atoms with E-state index in [0.717, 1.165) is 66.4 Å². The summed E-state index contributed by atoms with van der Waals surface area (Å²) in [5.74, 6) is -0.340. The molecule has 1 unspecified atom stereocenters. The Morgan fingerprint density at radius 3 is 2.31 bits per heavy atom. The number of ether oxygens (including phenoxy) is 2. The van der Waals surface area contributed by atoms with Crippen LogP contribution in [0.2, 0.25) is 6.04 Å². The molecule has 55 heavy (non-hydrogen) atoms. The van der Waals surface area contributed by atoms with E-state index in [4.69, 9.17) is 48.9 Å². The van der Waals surface area contributed by atoms with E-state index in [-0.39, 0.29) is 38.0 Å². The first-order valence-electron chi connectivity index (χ1n) is 18.2. The molecule has 0 bridgehead atoms. The third kappa shape index (κ3) is 15.3. The van der Waals surface area contributed by atoms with Crippen LogP contribution in [0.4, 0.5) is 0 Å². The van der Waals surface area contributed by atoms with Crippen molar-refractivity contribution in [1.82, 2.24) is 19.9 Å². The third-order valence-electron chi connectivity index (χ3n) is 8.39. The highest BCUT2D eigenvalue weighted by molar-refractivity contribution is 7.08. The van der Waals surface area contributed by atoms with Gasteiger partial charge in [0.05, 0.1) is 25.3 Å². The summed E-state index contributed by atoms with van der Waals surface area (Å²) in [6.45, 7) is 18.9. The monoisotopic (exact) mass is 814 g/mol. The summed E-state index contributed by atoms with van der Waals surface area (Å²) in [4.78, 5) is 21.1. The van der Waals surface area contributed by atoms with Crippen molar-refractivity contribution in [2.45, 2.75) is 70.9 Å². The molecule has 0 saturated carbocycles. The molecule has 1 aliphatic heterocycles. The second-order valence-electron chi connectivity index (χ2n) is 12.4. The number of rotatable bonds is 26. The van der Waals surface area contributed by atoms with Crippen LogP contribution in [-0.2, 0) is 60.6 Å². The molecule has 18 heteroatoms. The fourth-order valence-electron chi connectivity index (χ4n) is 5.36. The largest absolute Gasteiger partial charge is 0.671 e. The summed E-state index contributed by atoms with van der Waals surface area (Å²) >= 11 is 1.37. The average molecular weight is 815 g/mol. The highest BCUT2D eigenvalue weighted by Crippen LogP contribution is 2.25. The Labute approximate surface area is 330 Å². The SMILES string of the molecule is [C-]#[N+]C([N+]#[C-])=c1s/c(=C/C=C2C=CN(CCCCCCO[Si](CCCC)(OC)O[Si](OC)(OC)OC)C=C2)cc1COCCOC(=O)CCc1cn(C)nn1. The molecule has 1 aliphatic rings. The van der Waals surface area contributed by atoms with Crippen LogP contribution in [0.15, 0.2) is 48.5 Å². The number of hydrogen-bond donors (Lipinski definition) is 0. The molecule has 3 rings (SSSR count). The van der Waals surface area contributed by atoms with Gasteiger partial charge in [-0.3, -0.25) is 9.48 Å². The third-order valence-corrected chi connectivity index (χ3v) is 15.5. The summed E-state index contributed by atoms with van der Waals surface area (Å²) in [7, 11) is 1.54. The number of carbonyl (C=O) groups excluding carboxylic acids is 1. The molecule has 0 amide bonds. The highest BCUT2D eigenvalue weighted by Gasteiger charge is 2.54. The van der Waals surface area contributed by atoms with E-state index in [1.807, 2.05) is 18.2 Å². The zero-order valence-corrected chi connectivity index (χ0v) is 35.6. The highest BCUT2D eigenvalue weighted by atomic mass is 32.1. The van der Waals surface area contributed by atoms with Crippen molar-refractivity contribution < 1.29 is 40.5 Å². The Morgan fingerprint density at radius 1 is 0.945 bits per heavy atom. The summed E-state index contributed by atoms with van der Waals surface area (Å²) in [5.41, 5.74) is 2.50.